The molecule has 128 valence electrons. The molecular weight excluding hydrogens is 401 g/mol. The minimum absolute atomic E-state index is 0. The van der Waals surface area contributed by atoms with Gasteiger partial charge in [0.15, 0.2) is 5.96 Å². The number of nitrogens with two attached hydrogens (primary N) is 1. The molecule has 5 heteroatoms. The number of aliphatic imine (C=N–C) groups is 1. The molecule has 2 aliphatic rings. The first kappa shape index (κ1) is 18.5. The smallest absolute Gasteiger partial charge is 0.193 e. The molecule has 0 spiro atoms. The fraction of sp³-hybridized carbons (Fsp3) is 0.611. The molecule has 23 heavy (non-hydrogen) atoms. The summed E-state index contributed by atoms with van der Waals surface area (Å²) in [6.45, 7) is 1.30. The minimum Gasteiger partial charge on any atom is -0.376 e. The van der Waals surface area contributed by atoms with Crippen LogP contribution in [0.15, 0.2) is 23.2 Å². The van der Waals surface area contributed by atoms with Gasteiger partial charge in [0, 0.05) is 5.69 Å². The average Bonchev–Trinajstić information content (AvgIpc) is 3.05. The summed E-state index contributed by atoms with van der Waals surface area (Å²) in [7, 11) is 0. The Morgan fingerprint density at radius 2 is 1.96 bits per heavy atom. The lowest BCUT2D eigenvalue weighted by molar-refractivity contribution is 0.0643. The van der Waals surface area contributed by atoms with Crippen LogP contribution in [-0.2, 0) is 17.6 Å². The minimum atomic E-state index is 0. The highest BCUT2D eigenvalue weighted by Crippen LogP contribution is 2.27. The second kappa shape index (κ2) is 9.47. The van der Waals surface area contributed by atoms with Crippen LogP contribution in [0.3, 0.4) is 0 Å². The first-order valence-electron chi connectivity index (χ1n) is 8.62. The molecule has 0 aromatic heterocycles. The number of guanidine groups is 1. The third kappa shape index (κ3) is 5.35. The first-order chi connectivity index (χ1) is 10.8. The van der Waals surface area contributed by atoms with E-state index in [1.807, 2.05) is 0 Å². The maximum Gasteiger partial charge on any atom is 0.193 e. The molecule has 1 aromatic rings. The molecule has 0 amide bonds. The molecule has 1 saturated carbocycles. The van der Waals surface area contributed by atoms with Crippen molar-refractivity contribution in [3.8, 4) is 0 Å². The predicted octanol–water partition coefficient (Wildman–Crippen LogP) is 3.87. The molecule has 3 rings (SSSR count). The normalized spacial score (nSPS) is 18.3. The fourth-order valence-electron chi connectivity index (χ4n) is 3.52. The Morgan fingerprint density at radius 3 is 2.78 bits per heavy atom. The second-order valence-corrected chi connectivity index (χ2v) is 6.32. The molecule has 0 heterocycles. The summed E-state index contributed by atoms with van der Waals surface area (Å²) < 4.78 is 5.80. The lowest BCUT2D eigenvalue weighted by atomic mass is 9.90. The van der Waals surface area contributed by atoms with Gasteiger partial charge in [-0.1, -0.05) is 25.0 Å². The van der Waals surface area contributed by atoms with Crippen LogP contribution in [0.5, 0.6) is 0 Å². The van der Waals surface area contributed by atoms with Crippen LogP contribution in [0, 0.1) is 0 Å². The highest BCUT2D eigenvalue weighted by atomic mass is 127. The van der Waals surface area contributed by atoms with Gasteiger partial charge in [0.05, 0.1) is 19.3 Å². The van der Waals surface area contributed by atoms with Crippen molar-refractivity contribution >= 4 is 35.6 Å². The molecule has 0 saturated heterocycles. The van der Waals surface area contributed by atoms with Crippen molar-refractivity contribution in [2.75, 3.05) is 18.5 Å². The zero-order valence-electron chi connectivity index (χ0n) is 13.7. The van der Waals surface area contributed by atoms with E-state index in [9.17, 15) is 0 Å². The molecule has 2 aliphatic carbocycles. The van der Waals surface area contributed by atoms with E-state index < -0.39 is 0 Å². The van der Waals surface area contributed by atoms with Gasteiger partial charge in [-0.25, -0.2) is 0 Å². The number of ether oxygens (including phenoxy) is 1. The Kier molecular flexibility index (Phi) is 7.62. The lowest BCUT2D eigenvalue weighted by Crippen LogP contribution is -2.25. The molecule has 0 atom stereocenters. The predicted molar refractivity (Wildman–Crippen MR) is 107 cm³/mol. The number of rotatable bonds is 5. The van der Waals surface area contributed by atoms with Gasteiger partial charge in [-0.15, -0.1) is 24.0 Å². The van der Waals surface area contributed by atoms with Crippen LogP contribution in [-0.4, -0.2) is 25.2 Å². The highest BCUT2D eigenvalue weighted by Gasteiger charge is 2.15. The van der Waals surface area contributed by atoms with Gasteiger partial charge in [-0.3, -0.25) is 4.99 Å². The van der Waals surface area contributed by atoms with E-state index in [4.69, 9.17) is 10.5 Å². The summed E-state index contributed by atoms with van der Waals surface area (Å²) in [6.07, 6.45) is 10.3. The van der Waals surface area contributed by atoms with Crippen molar-refractivity contribution in [1.82, 2.24) is 0 Å². The van der Waals surface area contributed by atoms with Crippen molar-refractivity contribution in [3.63, 3.8) is 0 Å². The van der Waals surface area contributed by atoms with Crippen molar-refractivity contribution < 1.29 is 4.74 Å². The quantitative estimate of drug-likeness (QED) is 0.323. The van der Waals surface area contributed by atoms with E-state index in [0.29, 0.717) is 25.2 Å². The maximum atomic E-state index is 6.02. The molecule has 3 N–H and O–H groups in total. The van der Waals surface area contributed by atoms with Gasteiger partial charge in [-0.2, -0.15) is 0 Å². The summed E-state index contributed by atoms with van der Waals surface area (Å²) in [5, 5.41) is 3.27. The van der Waals surface area contributed by atoms with Crippen LogP contribution < -0.4 is 11.1 Å². The molecule has 4 nitrogen and oxygen atoms in total. The van der Waals surface area contributed by atoms with Crippen molar-refractivity contribution in [3.05, 3.63) is 29.3 Å². The molecule has 1 aromatic carbocycles. The van der Waals surface area contributed by atoms with Crippen LogP contribution in [0.2, 0.25) is 0 Å². The zero-order chi connectivity index (χ0) is 15.2. The number of benzene rings is 1. The van der Waals surface area contributed by atoms with Crippen molar-refractivity contribution in [2.24, 2.45) is 10.7 Å². The van der Waals surface area contributed by atoms with Gasteiger partial charge in [0.25, 0.3) is 0 Å². The molecular formula is C18H28IN3O. The number of nitrogens with one attached hydrogen (secondary N) is 1. The molecule has 1 fully saturated rings. The molecule has 0 unspecified atom stereocenters. The first-order valence-corrected chi connectivity index (χ1v) is 8.62. The van der Waals surface area contributed by atoms with E-state index in [1.165, 1.54) is 56.1 Å². The third-order valence-electron chi connectivity index (χ3n) is 4.69. The molecule has 0 aliphatic heterocycles. The summed E-state index contributed by atoms with van der Waals surface area (Å²) in [5.74, 6) is 0.494. The van der Waals surface area contributed by atoms with Gasteiger partial charge < -0.3 is 15.8 Å². The number of halogens is 1. The lowest BCUT2D eigenvalue weighted by Gasteiger charge is -2.19. The average molecular weight is 429 g/mol. The summed E-state index contributed by atoms with van der Waals surface area (Å²) >= 11 is 0. The monoisotopic (exact) mass is 429 g/mol. The fourth-order valence-corrected chi connectivity index (χ4v) is 3.52. The number of hydrogen-bond donors (Lipinski definition) is 2. The molecule has 0 bridgehead atoms. The van der Waals surface area contributed by atoms with Gasteiger partial charge in [0.1, 0.15) is 0 Å². The zero-order valence-corrected chi connectivity index (χ0v) is 16.1. The Balaban J connectivity index is 0.00000192. The maximum absolute atomic E-state index is 6.02. The number of fused-ring (bicyclic) bond motifs is 1. The summed E-state index contributed by atoms with van der Waals surface area (Å²) in [6, 6.07) is 6.42. The Morgan fingerprint density at radius 1 is 1.17 bits per heavy atom. The van der Waals surface area contributed by atoms with Gasteiger partial charge in [0.2, 0.25) is 0 Å². The number of hydrogen-bond acceptors (Lipinski definition) is 2. The van der Waals surface area contributed by atoms with Crippen molar-refractivity contribution in [2.45, 2.75) is 57.5 Å². The van der Waals surface area contributed by atoms with E-state index in [-0.39, 0.29) is 24.0 Å². The summed E-state index contributed by atoms with van der Waals surface area (Å²) in [5.41, 5.74) is 10.0. The third-order valence-corrected chi connectivity index (χ3v) is 4.69. The second-order valence-electron chi connectivity index (χ2n) is 6.32. The Hall–Kier alpha value is -0.820. The van der Waals surface area contributed by atoms with Crippen LogP contribution in [0.25, 0.3) is 0 Å². The van der Waals surface area contributed by atoms with E-state index in [2.05, 4.69) is 28.5 Å². The molecule has 0 radical (unpaired) electrons. The van der Waals surface area contributed by atoms with E-state index in [0.717, 1.165) is 12.1 Å². The SMILES string of the molecule is I.NC(=NCCOC1CCCC1)Nc1cccc2c1CCCC2. The highest BCUT2D eigenvalue weighted by molar-refractivity contribution is 14.0. The largest absolute Gasteiger partial charge is 0.376 e. The van der Waals surface area contributed by atoms with Crippen LogP contribution in [0.4, 0.5) is 5.69 Å². The standard InChI is InChI=1S/C18H27N3O.HI/c19-18(20-12-13-22-15-8-2-3-9-15)21-17-11-5-7-14-6-1-4-10-16(14)17;/h5,7,11,15H,1-4,6,8-10,12-13H2,(H3,19,20,21);1H. The van der Waals surface area contributed by atoms with E-state index in [1.54, 1.807) is 0 Å². The number of anilines is 1. The number of nitrogens with zero attached hydrogens (tertiary/aromatic N) is 1. The summed E-state index contributed by atoms with van der Waals surface area (Å²) in [4.78, 5) is 4.39. The topological polar surface area (TPSA) is 59.6 Å². The van der Waals surface area contributed by atoms with Crippen molar-refractivity contribution in [1.29, 1.82) is 0 Å². The van der Waals surface area contributed by atoms with Crippen LogP contribution >= 0.6 is 24.0 Å². The Bertz CT molecular complexity index is 527. The van der Waals surface area contributed by atoms with E-state index >= 15 is 0 Å². The number of aryl methyl sites for hydroxylation is 1. The van der Waals surface area contributed by atoms with Gasteiger partial charge >= 0.3 is 0 Å². The van der Waals surface area contributed by atoms with Crippen LogP contribution in [0.1, 0.15) is 49.7 Å². The van der Waals surface area contributed by atoms with Gasteiger partial charge in [-0.05, 0) is 55.7 Å². The Labute approximate surface area is 156 Å².